The Hall–Kier alpha value is -1.44. The van der Waals surface area contributed by atoms with Crippen LogP contribution in [0.1, 0.15) is 31.7 Å². The van der Waals surface area contributed by atoms with Gasteiger partial charge in [0, 0.05) is 31.2 Å². The highest BCUT2D eigenvalue weighted by atomic mass is 32.2. The molecule has 0 radical (unpaired) electrons. The first-order chi connectivity index (χ1) is 10.3. The fourth-order valence-electron chi connectivity index (χ4n) is 3.00. The van der Waals surface area contributed by atoms with Crippen LogP contribution < -0.4 is 15.4 Å². The standard InChI is InChI=1S/C15H21N3O3S/c1-11(19)18-8-5-12-9-13(3-4-14(12)18)22(20,21)17-10-15(16)6-2-7-15/h3-4,9,17H,2,5-8,10,16H2,1H3. The summed E-state index contributed by atoms with van der Waals surface area (Å²) in [5, 5.41) is 0. The van der Waals surface area contributed by atoms with E-state index in [1.54, 1.807) is 23.1 Å². The first-order valence-electron chi connectivity index (χ1n) is 7.50. The Morgan fingerprint density at radius 2 is 2.14 bits per heavy atom. The average molecular weight is 323 g/mol. The third-order valence-electron chi connectivity index (χ3n) is 4.60. The molecular weight excluding hydrogens is 302 g/mol. The number of benzene rings is 1. The lowest BCUT2D eigenvalue weighted by Crippen LogP contribution is -2.54. The molecule has 22 heavy (non-hydrogen) atoms. The van der Waals surface area contributed by atoms with E-state index in [9.17, 15) is 13.2 Å². The van der Waals surface area contributed by atoms with Gasteiger partial charge in [-0.15, -0.1) is 0 Å². The molecule has 6 nitrogen and oxygen atoms in total. The molecule has 0 saturated heterocycles. The van der Waals surface area contributed by atoms with Crippen LogP contribution in [0.25, 0.3) is 0 Å². The number of hydrogen-bond acceptors (Lipinski definition) is 4. The lowest BCUT2D eigenvalue weighted by atomic mass is 9.78. The van der Waals surface area contributed by atoms with Crippen molar-refractivity contribution in [2.45, 2.75) is 43.0 Å². The van der Waals surface area contributed by atoms with Gasteiger partial charge in [-0.05, 0) is 49.4 Å². The summed E-state index contributed by atoms with van der Waals surface area (Å²) in [4.78, 5) is 13.4. The first kappa shape index (κ1) is 15.5. The van der Waals surface area contributed by atoms with Crippen LogP contribution in [0.4, 0.5) is 5.69 Å². The minimum atomic E-state index is -3.56. The fraction of sp³-hybridized carbons (Fsp3) is 0.533. The van der Waals surface area contributed by atoms with E-state index in [1.165, 1.54) is 6.92 Å². The van der Waals surface area contributed by atoms with E-state index in [-0.39, 0.29) is 17.3 Å². The van der Waals surface area contributed by atoms with Gasteiger partial charge in [0.05, 0.1) is 4.90 Å². The number of fused-ring (bicyclic) bond motifs is 1. The van der Waals surface area contributed by atoms with Crippen molar-refractivity contribution in [2.75, 3.05) is 18.0 Å². The van der Waals surface area contributed by atoms with Crippen molar-refractivity contribution in [3.05, 3.63) is 23.8 Å². The summed E-state index contributed by atoms with van der Waals surface area (Å²) in [6.45, 7) is 2.39. The molecule has 0 spiro atoms. The maximum atomic E-state index is 12.4. The molecule has 3 N–H and O–H groups in total. The van der Waals surface area contributed by atoms with Crippen LogP contribution in [0, 0.1) is 0 Å². The summed E-state index contributed by atoms with van der Waals surface area (Å²) in [5.74, 6) is -0.0254. The van der Waals surface area contributed by atoms with Crippen LogP contribution >= 0.6 is 0 Å². The molecule has 1 amide bonds. The van der Waals surface area contributed by atoms with Crippen molar-refractivity contribution in [1.82, 2.24) is 4.72 Å². The van der Waals surface area contributed by atoms with Gasteiger partial charge in [0.25, 0.3) is 0 Å². The third-order valence-corrected chi connectivity index (χ3v) is 6.00. The number of carbonyl (C=O) groups excluding carboxylic acids is 1. The predicted molar refractivity (Wildman–Crippen MR) is 84.1 cm³/mol. The Morgan fingerprint density at radius 3 is 2.73 bits per heavy atom. The second kappa shape index (κ2) is 5.33. The molecule has 0 aromatic heterocycles. The minimum absolute atomic E-state index is 0.0254. The molecule has 0 bridgehead atoms. The normalized spacial score (nSPS) is 19.6. The predicted octanol–water partition coefficient (Wildman–Crippen LogP) is 0.755. The molecule has 3 rings (SSSR count). The van der Waals surface area contributed by atoms with Crippen molar-refractivity contribution >= 4 is 21.6 Å². The summed E-state index contributed by atoms with van der Waals surface area (Å²) in [5.41, 5.74) is 7.36. The molecule has 1 heterocycles. The van der Waals surface area contributed by atoms with Crippen molar-refractivity contribution in [3.63, 3.8) is 0 Å². The van der Waals surface area contributed by atoms with Gasteiger partial charge in [-0.25, -0.2) is 13.1 Å². The van der Waals surface area contributed by atoms with E-state index in [0.29, 0.717) is 13.0 Å². The van der Waals surface area contributed by atoms with Gasteiger partial charge in [0.15, 0.2) is 0 Å². The summed E-state index contributed by atoms with van der Waals surface area (Å²) >= 11 is 0. The monoisotopic (exact) mass is 323 g/mol. The van der Waals surface area contributed by atoms with Gasteiger partial charge in [0.2, 0.25) is 15.9 Å². The van der Waals surface area contributed by atoms with Crippen molar-refractivity contribution in [3.8, 4) is 0 Å². The topological polar surface area (TPSA) is 92.5 Å². The van der Waals surface area contributed by atoms with E-state index in [1.807, 2.05) is 0 Å². The number of sulfonamides is 1. The van der Waals surface area contributed by atoms with Gasteiger partial charge < -0.3 is 10.6 Å². The van der Waals surface area contributed by atoms with Gasteiger partial charge in [0.1, 0.15) is 0 Å². The number of nitrogens with zero attached hydrogens (tertiary/aromatic N) is 1. The van der Waals surface area contributed by atoms with Gasteiger partial charge >= 0.3 is 0 Å². The maximum Gasteiger partial charge on any atom is 0.240 e. The SMILES string of the molecule is CC(=O)N1CCc2cc(S(=O)(=O)NCC3(N)CCC3)ccc21. The fourth-order valence-corrected chi connectivity index (χ4v) is 4.19. The minimum Gasteiger partial charge on any atom is -0.324 e. The smallest absolute Gasteiger partial charge is 0.240 e. The average Bonchev–Trinajstić information content (AvgIpc) is 2.86. The van der Waals surface area contributed by atoms with E-state index in [4.69, 9.17) is 5.73 Å². The maximum absolute atomic E-state index is 12.4. The van der Waals surface area contributed by atoms with Gasteiger partial charge in [-0.1, -0.05) is 0 Å². The van der Waals surface area contributed by atoms with Crippen LogP contribution in [-0.2, 0) is 21.2 Å². The van der Waals surface area contributed by atoms with E-state index in [2.05, 4.69) is 4.72 Å². The number of rotatable bonds is 4. The molecule has 2 aliphatic rings. The molecule has 1 saturated carbocycles. The van der Waals surface area contributed by atoms with Crippen LogP contribution in [0.15, 0.2) is 23.1 Å². The molecule has 120 valence electrons. The number of anilines is 1. The van der Waals surface area contributed by atoms with Crippen LogP contribution in [0.3, 0.4) is 0 Å². The second-order valence-electron chi connectivity index (χ2n) is 6.25. The quantitative estimate of drug-likeness (QED) is 0.855. The Bertz CT molecular complexity index is 711. The van der Waals surface area contributed by atoms with Crippen molar-refractivity contribution in [2.24, 2.45) is 5.73 Å². The lowest BCUT2D eigenvalue weighted by molar-refractivity contribution is -0.116. The summed E-state index contributed by atoms with van der Waals surface area (Å²) in [7, 11) is -3.56. The number of hydrogen-bond donors (Lipinski definition) is 2. The zero-order valence-electron chi connectivity index (χ0n) is 12.6. The Kier molecular flexibility index (Phi) is 3.74. The number of nitrogens with one attached hydrogen (secondary N) is 1. The van der Waals surface area contributed by atoms with Crippen LogP contribution in [-0.4, -0.2) is 33.0 Å². The summed E-state index contributed by atoms with van der Waals surface area (Å²) < 4.78 is 27.4. The first-order valence-corrected chi connectivity index (χ1v) is 8.99. The highest BCUT2D eigenvalue weighted by Crippen LogP contribution is 2.31. The van der Waals surface area contributed by atoms with Crippen molar-refractivity contribution in [1.29, 1.82) is 0 Å². The highest BCUT2D eigenvalue weighted by molar-refractivity contribution is 7.89. The molecule has 1 aliphatic heterocycles. The van der Waals surface area contributed by atoms with E-state index < -0.39 is 15.6 Å². The molecule has 7 heteroatoms. The van der Waals surface area contributed by atoms with Crippen LogP contribution in [0.5, 0.6) is 0 Å². The molecule has 0 unspecified atom stereocenters. The van der Waals surface area contributed by atoms with Gasteiger partial charge in [-0.3, -0.25) is 4.79 Å². The van der Waals surface area contributed by atoms with Crippen LogP contribution in [0.2, 0.25) is 0 Å². The number of carbonyl (C=O) groups is 1. The Labute approximate surface area is 130 Å². The number of amides is 1. The lowest BCUT2D eigenvalue weighted by Gasteiger charge is -2.38. The number of nitrogens with two attached hydrogens (primary N) is 1. The summed E-state index contributed by atoms with van der Waals surface area (Å²) in [6, 6.07) is 4.91. The summed E-state index contributed by atoms with van der Waals surface area (Å²) in [6.07, 6.45) is 3.44. The Balaban J connectivity index is 1.79. The molecule has 1 aliphatic carbocycles. The molecule has 1 fully saturated rings. The molecule has 1 aromatic carbocycles. The third kappa shape index (κ3) is 2.76. The highest BCUT2D eigenvalue weighted by Gasteiger charge is 2.34. The zero-order chi connectivity index (χ0) is 16.0. The van der Waals surface area contributed by atoms with Gasteiger partial charge in [-0.2, -0.15) is 0 Å². The molecular formula is C15H21N3O3S. The Morgan fingerprint density at radius 1 is 1.41 bits per heavy atom. The largest absolute Gasteiger partial charge is 0.324 e. The van der Waals surface area contributed by atoms with E-state index in [0.717, 1.165) is 30.5 Å². The van der Waals surface area contributed by atoms with E-state index >= 15 is 0 Å². The van der Waals surface area contributed by atoms with Crippen molar-refractivity contribution < 1.29 is 13.2 Å². The molecule has 1 aromatic rings. The second-order valence-corrected chi connectivity index (χ2v) is 8.02. The molecule has 0 atom stereocenters. The zero-order valence-corrected chi connectivity index (χ0v) is 13.4.